The van der Waals surface area contributed by atoms with Gasteiger partial charge in [-0.15, -0.1) is 12.4 Å². The summed E-state index contributed by atoms with van der Waals surface area (Å²) in [7, 11) is 2.02. The van der Waals surface area contributed by atoms with Crippen molar-refractivity contribution in [1.29, 1.82) is 0 Å². The molecule has 0 fully saturated rings. The topological polar surface area (TPSA) is 17.8 Å². The van der Waals surface area contributed by atoms with Crippen LogP contribution in [0.1, 0.15) is 26.6 Å². The summed E-state index contributed by atoms with van der Waals surface area (Å²) < 4.78 is 2.06. The molecule has 0 N–H and O–H groups in total. The molecule has 0 amide bonds. The first-order valence-corrected chi connectivity index (χ1v) is 3.49. The summed E-state index contributed by atoms with van der Waals surface area (Å²) in [6.07, 6.45) is 3.81. The molecule has 0 atom stereocenters. The fraction of sp³-hybridized carbons (Fsp3) is 0.625. The van der Waals surface area contributed by atoms with Crippen molar-refractivity contribution in [3.8, 4) is 0 Å². The Morgan fingerprint density at radius 3 is 2.09 bits per heavy atom. The van der Waals surface area contributed by atoms with Gasteiger partial charge in [0.25, 0.3) is 0 Å². The zero-order valence-electron chi connectivity index (χ0n) is 7.46. The molecular formula is C8H15ClN2. The third-order valence-corrected chi connectivity index (χ3v) is 1.49. The zero-order chi connectivity index (χ0) is 7.78. The lowest BCUT2D eigenvalue weighted by atomic mass is 9.96. The van der Waals surface area contributed by atoms with Crippen LogP contribution in [0.4, 0.5) is 0 Å². The van der Waals surface area contributed by atoms with E-state index in [0.29, 0.717) is 0 Å². The quantitative estimate of drug-likeness (QED) is 0.590. The average molecular weight is 175 g/mol. The second-order valence-corrected chi connectivity index (χ2v) is 3.61. The van der Waals surface area contributed by atoms with Crippen molar-refractivity contribution in [2.45, 2.75) is 26.2 Å². The second-order valence-electron chi connectivity index (χ2n) is 3.61. The molecule has 0 aliphatic heterocycles. The summed E-state index contributed by atoms with van der Waals surface area (Å²) in [6.45, 7) is 6.49. The van der Waals surface area contributed by atoms with E-state index in [1.807, 2.05) is 19.4 Å². The van der Waals surface area contributed by atoms with Crippen LogP contribution < -0.4 is 0 Å². The molecule has 1 rings (SSSR count). The molecule has 0 unspecified atom stereocenters. The summed E-state index contributed by atoms with van der Waals surface area (Å²) in [5.74, 6) is 1.13. The van der Waals surface area contributed by atoms with Gasteiger partial charge in [0.1, 0.15) is 5.82 Å². The molecule has 3 heteroatoms. The predicted octanol–water partition coefficient (Wildman–Crippen LogP) is 2.14. The number of aryl methyl sites for hydroxylation is 1. The van der Waals surface area contributed by atoms with Crippen molar-refractivity contribution in [2.24, 2.45) is 7.05 Å². The predicted molar refractivity (Wildman–Crippen MR) is 49.2 cm³/mol. The van der Waals surface area contributed by atoms with Crippen LogP contribution in [0.5, 0.6) is 0 Å². The fourth-order valence-electron chi connectivity index (χ4n) is 1.09. The molecule has 0 bridgehead atoms. The van der Waals surface area contributed by atoms with Crippen molar-refractivity contribution < 1.29 is 0 Å². The van der Waals surface area contributed by atoms with Gasteiger partial charge < -0.3 is 4.57 Å². The zero-order valence-corrected chi connectivity index (χ0v) is 8.27. The average Bonchev–Trinajstić information content (AvgIpc) is 2.11. The lowest BCUT2D eigenvalue weighted by molar-refractivity contribution is 0.522. The first-order valence-electron chi connectivity index (χ1n) is 3.49. The highest BCUT2D eigenvalue weighted by Crippen LogP contribution is 2.18. The molecule has 64 valence electrons. The standard InChI is InChI=1S/C8H14N2.ClH/c1-8(2,3)7-9-5-6-10(7)4;/h5-6H,1-4H3;1H. The Hall–Kier alpha value is -0.500. The van der Waals surface area contributed by atoms with Crippen molar-refractivity contribution in [3.63, 3.8) is 0 Å². The Kier molecular flexibility index (Phi) is 3.12. The van der Waals surface area contributed by atoms with Crippen LogP contribution in [0.3, 0.4) is 0 Å². The molecule has 0 radical (unpaired) electrons. The number of imidazole rings is 1. The largest absolute Gasteiger partial charge is 0.338 e. The minimum Gasteiger partial charge on any atom is -0.338 e. The maximum Gasteiger partial charge on any atom is 0.113 e. The maximum atomic E-state index is 4.25. The molecule has 0 spiro atoms. The highest BCUT2D eigenvalue weighted by atomic mass is 35.5. The summed E-state index contributed by atoms with van der Waals surface area (Å²) in [4.78, 5) is 4.25. The van der Waals surface area contributed by atoms with E-state index in [1.54, 1.807) is 0 Å². The first kappa shape index (κ1) is 10.5. The highest BCUT2D eigenvalue weighted by molar-refractivity contribution is 5.85. The van der Waals surface area contributed by atoms with Gasteiger partial charge >= 0.3 is 0 Å². The molecule has 11 heavy (non-hydrogen) atoms. The normalized spacial score (nSPS) is 10.9. The van der Waals surface area contributed by atoms with Gasteiger partial charge in [-0.05, 0) is 0 Å². The van der Waals surface area contributed by atoms with E-state index in [1.165, 1.54) is 0 Å². The van der Waals surface area contributed by atoms with E-state index in [-0.39, 0.29) is 17.8 Å². The van der Waals surface area contributed by atoms with Gasteiger partial charge in [-0.1, -0.05) is 20.8 Å². The lowest BCUT2D eigenvalue weighted by Gasteiger charge is -2.17. The van der Waals surface area contributed by atoms with Crippen molar-refractivity contribution in [1.82, 2.24) is 9.55 Å². The number of nitrogens with zero attached hydrogens (tertiary/aromatic N) is 2. The summed E-state index contributed by atoms with van der Waals surface area (Å²) >= 11 is 0. The number of hydrogen-bond acceptors (Lipinski definition) is 1. The molecule has 0 saturated carbocycles. The van der Waals surface area contributed by atoms with Crippen LogP contribution in [-0.4, -0.2) is 9.55 Å². The highest BCUT2D eigenvalue weighted by Gasteiger charge is 2.17. The number of rotatable bonds is 0. The molecule has 1 aromatic rings. The summed E-state index contributed by atoms with van der Waals surface area (Å²) in [6, 6.07) is 0. The number of aromatic nitrogens is 2. The Labute approximate surface area is 74.0 Å². The Morgan fingerprint density at radius 2 is 1.91 bits per heavy atom. The molecule has 1 heterocycles. The van der Waals surface area contributed by atoms with Gasteiger partial charge in [0.2, 0.25) is 0 Å². The molecule has 0 aliphatic rings. The van der Waals surface area contributed by atoms with Crippen molar-refractivity contribution >= 4 is 12.4 Å². The van der Waals surface area contributed by atoms with E-state index < -0.39 is 0 Å². The fourth-order valence-corrected chi connectivity index (χ4v) is 1.09. The van der Waals surface area contributed by atoms with E-state index in [2.05, 4.69) is 30.3 Å². The second kappa shape index (κ2) is 3.26. The molecule has 1 aromatic heterocycles. The van der Waals surface area contributed by atoms with E-state index in [0.717, 1.165) is 5.82 Å². The van der Waals surface area contributed by atoms with Crippen LogP contribution in [-0.2, 0) is 12.5 Å². The lowest BCUT2D eigenvalue weighted by Crippen LogP contribution is -2.16. The van der Waals surface area contributed by atoms with E-state index in [9.17, 15) is 0 Å². The van der Waals surface area contributed by atoms with Crippen LogP contribution in [0.2, 0.25) is 0 Å². The monoisotopic (exact) mass is 174 g/mol. The van der Waals surface area contributed by atoms with Crippen LogP contribution >= 0.6 is 12.4 Å². The summed E-state index contributed by atoms with van der Waals surface area (Å²) in [5.41, 5.74) is 0.165. The molecule has 0 aromatic carbocycles. The van der Waals surface area contributed by atoms with Gasteiger partial charge in [0.15, 0.2) is 0 Å². The number of hydrogen-bond donors (Lipinski definition) is 0. The maximum absolute atomic E-state index is 4.25. The third kappa shape index (κ3) is 2.22. The SMILES string of the molecule is Cl.Cn1ccnc1C(C)(C)C. The van der Waals surface area contributed by atoms with Crippen LogP contribution in [0.25, 0.3) is 0 Å². The number of halogens is 1. The molecular weight excluding hydrogens is 160 g/mol. The van der Waals surface area contributed by atoms with Gasteiger partial charge in [-0.25, -0.2) is 4.98 Å². The van der Waals surface area contributed by atoms with Crippen molar-refractivity contribution in [2.75, 3.05) is 0 Å². The van der Waals surface area contributed by atoms with Gasteiger partial charge in [0.05, 0.1) is 0 Å². The third-order valence-electron chi connectivity index (χ3n) is 1.49. The molecule has 2 nitrogen and oxygen atoms in total. The van der Waals surface area contributed by atoms with E-state index >= 15 is 0 Å². The smallest absolute Gasteiger partial charge is 0.113 e. The summed E-state index contributed by atoms with van der Waals surface area (Å²) in [5, 5.41) is 0. The van der Waals surface area contributed by atoms with Gasteiger partial charge in [0, 0.05) is 24.9 Å². The minimum atomic E-state index is 0. The molecule has 0 saturated heterocycles. The Bertz CT molecular complexity index is 222. The van der Waals surface area contributed by atoms with Gasteiger partial charge in [-0.3, -0.25) is 0 Å². The van der Waals surface area contributed by atoms with Crippen LogP contribution in [0.15, 0.2) is 12.4 Å². The minimum absolute atomic E-state index is 0. The first-order chi connectivity index (χ1) is 4.52. The Balaban J connectivity index is 0.000001000. The van der Waals surface area contributed by atoms with Gasteiger partial charge in [-0.2, -0.15) is 0 Å². The van der Waals surface area contributed by atoms with Crippen LogP contribution in [0, 0.1) is 0 Å². The van der Waals surface area contributed by atoms with E-state index in [4.69, 9.17) is 0 Å². The van der Waals surface area contributed by atoms with Crippen molar-refractivity contribution in [3.05, 3.63) is 18.2 Å². The molecule has 0 aliphatic carbocycles. The Morgan fingerprint density at radius 1 is 1.36 bits per heavy atom.